The average molecular weight is 484 g/mol. The Morgan fingerprint density at radius 2 is 1.79 bits per heavy atom. The van der Waals surface area contributed by atoms with Crippen LogP contribution in [0.1, 0.15) is 11.1 Å². The van der Waals surface area contributed by atoms with E-state index in [1.807, 2.05) is 10.8 Å². The molecule has 34 heavy (non-hydrogen) atoms. The molecule has 8 nitrogen and oxygen atoms in total. The van der Waals surface area contributed by atoms with Crippen LogP contribution in [0.3, 0.4) is 0 Å². The summed E-state index contributed by atoms with van der Waals surface area (Å²) in [4.78, 5) is 27.1. The molecule has 4 aromatic rings. The molecule has 1 heterocycles. The minimum Gasteiger partial charge on any atom is -0.494 e. The summed E-state index contributed by atoms with van der Waals surface area (Å²) in [5, 5.41) is 1.52. The van der Waals surface area contributed by atoms with E-state index >= 15 is 0 Å². The number of nitrogens with two attached hydrogens (primary N) is 1. The molecule has 0 spiro atoms. The second-order valence-electron chi connectivity index (χ2n) is 8.03. The molecular formula is C24H22FN3O5S. The number of halogens is 1. The van der Waals surface area contributed by atoms with Crippen LogP contribution in [-0.2, 0) is 32.5 Å². The van der Waals surface area contributed by atoms with Crippen LogP contribution in [0, 0.1) is 5.82 Å². The predicted octanol–water partition coefficient (Wildman–Crippen LogP) is 2.78. The van der Waals surface area contributed by atoms with Gasteiger partial charge in [0.25, 0.3) is 0 Å². The van der Waals surface area contributed by atoms with Crippen molar-refractivity contribution in [3.8, 4) is 16.9 Å². The number of methoxy groups -OCH3 is 1. The lowest BCUT2D eigenvalue weighted by atomic mass is 9.97. The predicted molar refractivity (Wildman–Crippen MR) is 127 cm³/mol. The number of carbonyl (C=O) groups excluding carboxylic acids is 2. The van der Waals surface area contributed by atoms with Crippen molar-refractivity contribution < 1.29 is 27.1 Å². The van der Waals surface area contributed by atoms with E-state index in [2.05, 4.69) is 4.98 Å². The summed E-state index contributed by atoms with van der Waals surface area (Å²) >= 11 is 0. The van der Waals surface area contributed by atoms with Gasteiger partial charge in [-0.3, -0.25) is 14.3 Å². The van der Waals surface area contributed by atoms with Gasteiger partial charge in [-0.25, -0.2) is 12.8 Å². The SMILES string of the molecule is COc1ccc(-c2cc(CC(N)=O)c3[nH]c4ccc(CC(=O)NS(C)(=O)=O)cc4c3c2)cc1F. The van der Waals surface area contributed by atoms with Crippen molar-refractivity contribution in [2.75, 3.05) is 13.4 Å². The maximum Gasteiger partial charge on any atom is 0.237 e. The molecule has 0 atom stereocenters. The number of carbonyl (C=O) groups is 2. The third-order valence-corrected chi connectivity index (χ3v) is 5.97. The summed E-state index contributed by atoms with van der Waals surface area (Å²) in [7, 11) is -2.28. The van der Waals surface area contributed by atoms with Crippen LogP contribution in [-0.4, -0.2) is 38.6 Å². The lowest BCUT2D eigenvalue weighted by molar-refractivity contribution is -0.119. The molecule has 176 valence electrons. The Morgan fingerprint density at radius 3 is 2.44 bits per heavy atom. The summed E-state index contributed by atoms with van der Waals surface area (Å²) in [5.41, 5.74) is 9.43. The summed E-state index contributed by atoms with van der Waals surface area (Å²) in [6.07, 6.45) is 0.754. The van der Waals surface area contributed by atoms with Crippen molar-refractivity contribution in [3.63, 3.8) is 0 Å². The zero-order chi connectivity index (χ0) is 24.6. The summed E-state index contributed by atoms with van der Waals surface area (Å²) in [6.45, 7) is 0. The Kier molecular flexibility index (Phi) is 6.01. The van der Waals surface area contributed by atoms with Gasteiger partial charge >= 0.3 is 0 Å². The number of hydrogen-bond donors (Lipinski definition) is 3. The van der Waals surface area contributed by atoms with Crippen molar-refractivity contribution in [1.29, 1.82) is 0 Å². The maximum absolute atomic E-state index is 14.4. The fourth-order valence-corrected chi connectivity index (χ4v) is 4.48. The lowest BCUT2D eigenvalue weighted by Gasteiger charge is -2.09. The van der Waals surface area contributed by atoms with Crippen molar-refractivity contribution >= 4 is 43.6 Å². The molecule has 0 aliphatic heterocycles. The van der Waals surface area contributed by atoms with Gasteiger partial charge in [-0.2, -0.15) is 0 Å². The van der Waals surface area contributed by atoms with Crippen LogP contribution in [0.25, 0.3) is 32.9 Å². The molecule has 0 unspecified atom stereocenters. The zero-order valence-electron chi connectivity index (χ0n) is 18.4. The Morgan fingerprint density at radius 1 is 1.03 bits per heavy atom. The highest BCUT2D eigenvalue weighted by atomic mass is 32.2. The number of amides is 2. The topological polar surface area (TPSA) is 131 Å². The number of nitrogens with one attached hydrogen (secondary N) is 2. The monoisotopic (exact) mass is 483 g/mol. The summed E-state index contributed by atoms with van der Waals surface area (Å²) in [5.74, 6) is -1.57. The van der Waals surface area contributed by atoms with E-state index < -0.39 is 27.7 Å². The van der Waals surface area contributed by atoms with Gasteiger partial charge in [0.2, 0.25) is 21.8 Å². The number of ether oxygens (including phenoxy) is 1. The van der Waals surface area contributed by atoms with Gasteiger partial charge in [0.05, 0.1) is 31.7 Å². The molecule has 3 aromatic carbocycles. The third-order valence-electron chi connectivity index (χ3n) is 5.37. The Balaban J connectivity index is 1.86. The van der Waals surface area contributed by atoms with E-state index in [-0.39, 0.29) is 18.6 Å². The van der Waals surface area contributed by atoms with Crippen LogP contribution in [0.15, 0.2) is 48.5 Å². The Hall–Kier alpha value is -3.92. The molecule has 0 fully saturated rings. The number of fused-ring (bicyclic) bond motifs is 3. The van der Waals surface area contributed by atoms with Crippen molar-refractivity contribution in [2.24, 2.45) is 5.73 Å². The number of rotatable bonds is 7. The number of sulfonamides is 1. The summed E-state index contributed by atoms with van der Waals surface area (Å²) in [6, 6.07) is 13.5. The van der Waals surface area contributed by atoms with Crippen molar-refractivity contribution in [1.82, 2.24) is 9.71 Å². The second-order valence-corrected chi connectivity index (χ2v) is 9.78. The van der Waals surface area contributed by atoms with Gasteiger partial charge in [-0.15, -0.1) is 0 Å². The van der Waals surface area contributed by atoms with Gasteiger partial charge in [0.1, 0.15) is 0 Å². The van der Waals surface area contributed by atoms with Crippen molar-refractivity contribution in [2.45, 2.75) is 12.8 Å². The largest absolute Gasteiger partial charge is 0.494 e. The first-order valence-electron chi connectivity index (χ1n) is 10.2. The number of aromatic nitrogens is 1. The fourth-order valence-electron chi connectivity index (χ4n) is 4.00. The second kappa shape index (κ2) is 8.79. The van der Waals surface area contributed by atoms with Crippen molar-refractivity contribution in [3.05, 3.63) is 65.5 Å². The van der Waals surface area contributed by atoms with Gasteiger partial charge < -0.3 is 15.5 Å². The molecule has 0 aliphatic carbocycles. The first-order valence-corrected chi connectivity index (χ1v) is 12.1. The molecule has 2 amide bonds. The minimum absolute atomic E-state index is 0.0284. The molecule has 1 aromatic heterocycles. The molecule has 0 saturated carbocycles. The number of benzene rings is 3. The first kappa shape index (κ1) is 23.2. The van der Waals surface area contributed by atoms with E-state index in [9.17, 15) is 22.4 Å². The fraction of sp³-hybridized carbons (Fsp3) is 0.167. The standard InChI is InChI=1S/C24H22FN3O5S/c1-33-21-6-4-14(11-19(21)25)15-9-16(12-22(26)29)24-18(10-15)17-7-13(3-5-20(17)27-24)8-23(30)28-34(2,31)32/h3-7,9-11,27H,8,12H2,1-2H3,(H2,26,29)(H,28,30). The van der Waals surface area contributed by atoms with Gasteiger partial charge in [-0.05, 0) is 58.7 Å². The molecule has 0 aliphatic rings. The molecule has 4 rings (SSSR count). The molecular weight excluding hydrogens is 461 g/mol. The van der Waals surface area contributed by atoms with E-state index in [4.69, 9.17) is 10.5 Å². The van der Waals surface area contributed by atoms with E-state index in [1.165, 1.54) is 19.2 Å². The molecule has 10 heteroatoms. The smallest absolute Gasteiger partial charge is 0.237 e. The molecule has 0 bridgehead atoms. The number of hydrogen-bond acceptors (Lipinski definition) is 5. The van der Waals surface area contributed by atoms with Crippen LogP contribution in [0.2, 0.25) is 0 Å². The van der Waals surface area contributed by atoms with Crippen LogP contribution in [0.5, 0.6) is 5.75 Å². The lowest BCUT2D eigenvalue weighted by Crippen LogP contribution is -2.30. The van der Waals surface area contributed by atoms with E-state index in [1.54, 1.807) is 30.3 Å². The highest BCUT2D eigenvalue weighted by Gasteiger charge is 2.16. The molecule has 0 saturated heterocycles. The van der Waals surface area contributed by atoms with Gasteiger partial charge in [-0.1, -0.05) is 12.1 Å². The van der Waals surface area contributed by atoms with Crippen LogP contribution < -0.4 is 15.2 Å². The normalized spacial score (nSPS) is 11.6. The quantitative estimate of drug-likeness (QED) is 0.372. The van der Waals surface area contributed by atoms with Crippen LogP contribution >= 0.6 is 0 Å². The minimum atomic E-state index is -3.66. The van der Waals surface area contributed by atoms with E-state index in [0.717, 1.165) is 22.5 Å². The number of primary amides is 1. The first-order chi connectivity index (χ1) is 16.0. The molecule has 0 radical (unpaired) electrons. The third kappa shape index (κ3) is 4.86. The zero-order valence-corrected chi connectivity index (χ0v) is 19.3. The highest BCUT2D eigenvalue weighted by molar-refractivity contribution is 7.89. The molecule has 4 N–H and O–H groups in total. The van der Waals surface area contributed by atoms with Gasteiger partial charge in [0.15, 0.2) is 11.6 Å². The van der Waals surface area contributed by atoms with Gasteiger partial charge in [0, 0.05) is 16.3 Å². The number of H-pyrrole nitrogens is 1. The average Bonchev–Trinajstić information content (AvgIpc) is 3.10. The van der Waals surface area contributed by atoms with Crippen LogP contribution in [0.4, 0.5) is 4.39 Å². The highest BCUT2D eigenvalue weighted by Crippen LogP contribution is 2.34. The summed E-state index contributed by atoms with van der Waals surface area (Å²) < 4.78 is 44.0. The number of aromatic amines is 1. The Bertz CT molecular complexity index is 1560. The maximum atomic E-state index is 14.4. The Labute approximate surface area is 195 Å². The van der Waals surface area contributed by atoms with E-state index in [0.29, 0.717) is 27.8 Å².